The SMILES string of the molecule is Cc1nnc2n1N=C(N)CS2. The summed E-state index contributed by atoms with van der Waals surface area (Å²) in [5, 5.41) is 12.7. The maximum Gasteiger partial charge on any atom is 0.212 e. The molecule has 11 heavy (non-hydrogen) atoms. The summed E-state index contributed by atoms with van der Waals surface area (Å²) in [5.41, 5.74) is 5.53. The maximum absolute atomic E-state index is 5.53. The molecule has 2 rings (SSSR count). The van der Waals surface area contributed by atoms with E-state index in [-0.39, 0.29) is 0 Å². The first kappa shape index (κ1) is 6.66. The van der Waals surface area contributed by atoms with Gasteiger partial charge < -0.3 is 5.73 Å². The van der Waals surface area contributed by atoms with Gasteiger partial charge in [0.1, 0.15) is 5.84 Å². The molecular weight excluding hydrogens is 162 g/mol. The quantitative estimate of drug-likeness (QED) is 0.584. The molecule has 58 valence electrons. The number of hydrogen-bond donors (Lipinski definition) is 1. The second-order valence-electron chi connectivity index (χ2n) is 2.22. The molecule has 0 atom stereocenters. The molecule has 0 saturated carbocycles. The molecule has 0 amide bonds. The van der Waals surface area contributed by atoms with Crippen LogP contribution in [0, 0.1) is 6.92 Å². The predicted molar refractivity (Wildman–Crippen MR) is 42.5 cm³/mol. The van der Waals surface area contributed by atoms with Crippen LogP contribution in [-0.2, 0) is 0 Å². The minimum atomic E-state index is 0.616. The van der Waals surface area contributed by atoms with Gasteiger partial charge in [-0.25, -0.2) is 0 Å². The van der Waals surface area contributed by atoms with Gasteiger partial charge in [0.25, 0.3) is 0 Å². The second kappa shape index (κ2) is 2.23. The Morgan fingerprint density at radius 2 is 2.36 bits per heavy atom. The van der Waals surface area contributed by atoms with Gasteiger partial charge in [-0.2, -0.15) is 9.78 Å². The van der Waals surface area contributed by atoms with E-state index in [9.17, 15) is 0 Å². The molecule has 5 nitrogen and oxygen atoms in total. The number of rotatable bonds is 0. The van der Waals surface area contributed by atoms with Gasteiger partial charge in [-0.1, -0.05) is 11.8 Å². The molecular formula is C5H7N5S. The van der Waals surface area contributed by atoms with Gasteiger partial charge in [-0.3, -0.25) is 0 Å². The molecule has 0 fully saturated rings. The van der Waals surface area contributed by atoms with Gasteiger partial charge in [0.2, 0.25) is 5.16 Å². The summed E-state index contributed by atoms with van der Waals surface area (Å²) in [7, 11) is 0. The third kappa shape index (κ3) is 0.988. The van der Waals surface area contributed by atoms with Gasteiger partial charge in [0, 0.05) is 0 Å². The number of nitrogens with two attached hydrogens (primary N) is 1. The van der Waals surface area contributed by atoms with Crippen LogP contribution in [0.5, 0.6) is 0 Å². The second-order valence-corrected chi connectivity index (χ2v) is 3.16. The van der Waals surface area contributed by atoms with Crippen LogP contribution in [0.3, 0.4) is 0 Å². The topological polar surface area (TPSA) is 69.1 Å². The molecule has 0 spiro atoms. The highest BCUT2D eigenvalue weighted by atomic mass is 32.2. The van der Waals surface area contributed by atoms with Crippen LogP contribution >= 0.6 is 11.8 Å². The minimum Gasteiger partial charge on any atom is -0.385 e. The third-order valence-electron chi connectivity index (χ3n) is 1.35. The van der Waals surface area contributed by atoms with Crippen molar-refractivity contribution in [1.29, 1.82) is 0 Å². The Labute approximate surface area is 67.7 Å². The van der Waals surface area contributed by atoms with Crippen molar-refractivity contribution in [1.82, 2.24) is 14.9 Å². The van der Waals surface area contributed by atoms with Crippen LogP contribution in [0.1, 0.15) is 5.82 Å². The van der Waals surface area contributed by atoms with Gasteiger partial charge in [0.15, 0.2) is 5.82 Å². The fourth-order valence-electron chi connectivity index (χ4n) is 0.839. The van der Waals surface area contributed by atoms with Crippen molar-refractivity contribution in [2.75, 3.05) is 5.75 Å². The standard InChI is InChI=1S/C5H7N5S/c1-3-7-8-5-10(3)9-4(6)2-11-5/h2H2,1H3,(H2,6,9). The van der Waals surface area contributed by atoms with Crippen molar-refractivity contribution >= 4 is 17.6 Å². The van der Waals surface area contributed by atoms with Crippen LogP contribution in [0.2, 0.25) is 0 Å². The number of amidine groups is 1. The Kier molecular flexibility index (Phi) is 1.35. The summed E-state index contributed by atoms with van der Waals surface area (Å²) < 4.78 is 1.66. The zero-order chi connectivity index (χ0) is 7.84. The van der Waals surface area contributed by atoms with Crippen molar-refractivity contribution in [2.45, 2.75) is 12.1 Å². The molecule has 0 saturated heterocycles. The first-order valence-electron chi connectivity index (χ1n) is 3.15. The molecule has 1 aromatic heterocycles. The lowest BCUT2D eigenvalue weighted by Gasteiger charge is -2.08. The molecule has 2 N–H and O–H groups in total. The molecule has 0 aromatic carbocycles. The number of nitrogens with zero attached hydrogens (tertiary/aromatic N) is 4. The Bertz CT molecular complexity index is 315. The monoisotopic (exact) mass is 169 g/mol. The highest BCUT2D eigenvalue weighted by molar-refractivity contribution is 7.99. The third-order valence-corrected chi connectivity index (χ3v) is 2.30. The minimum absolute atomic E-state index is 0.616. The molecule has 6 heteroatoms. The van der Waals surface area contributed by atoms with E-state index >= 15 is 0 Å². The van der Waals surface area contributed by atoms with Crippen molar-refractivity contribution in [3.8, 4) is 0 Å². The van der Waals surface area contributed by atoms with Gasteiger partial charge >= 0.3 is 0 Å². The van der Waals surface area contributed by atoms with E-state index in [1.54, 1.807) is 16.4 Å². The van der Waals surface area contributed by atoms with E-state index in [4.69, 9.17) is 5.73 Å². The molecule has 1 aliphatic heterocycles. The molecule has 0 unspecified atom stereocenters. The summed E-state index contributed by atoms with van der Waals surface area (Å²) in [6, 6.07) is 0. The van der Waals surface area contributed by atoms with Crippen molar-refractivity contribution in [2.24, 2.45) is 10.8 Å². The van der Waals surface area contributed by atoms with Crippen LogP contribution in [0.25, 0.3) is 0 Å². The van der Waals surface area contributed by atoms with Crippen molar-refractivity contribution in [3.63, 3.8) is 0 Å². The number of fused-ring (bicyclic) bond motifs is 1. The lowest BCUT2D eigenvalue weighted by atomic mass is 10.7. The van der Waals surface area contributed by atoms with Gasteiger partial charge in [0.05, 0.1) is 5.75 Å². The summed E-state index contributed by atoms with van der Waals surface area (Å²) in [6.07, 6.45) is 0. The zero-order valence-electron chi connectivity index (χ0n) is 5.98. The highest BCUT2D eigenvalue weighted by Crippen LogP contribution is 2.19. The summed E-state index contributed by atoms with van der Waals surface area (Å²) in [5.74, 6) is 2.10. The number of hydrogen-bond acceptors (Lipinski definition) is 5. The Balaban J connectivity index is 2.55. The fraction of sp³-hybridized carbons (Fsp3) is 0.400. The van der Waals surface area contributed by atoms with E-state index in [2.05, 4.69) is 15.3 Å². The average Bonchev–Trinajstić information content (AvgIpc) is 2.33. The van der Waals surface area contributed by atoms with Crippen molar-refractivity contribution in [3.05, 3.63) is 5.82 Å². The van der Waals surface area contributed by atoms with Crippen LogP contribution < -0.4 is 5.73 Å². The zero-order valence-corrected chi connectivity index (χ0v) is 6.80. The van der Waals surface area contributed by atoms with Gasteiger partial charge in [-0.05, 0) is 6.92 Å². The van der Waals surface area contributed by atoms with E-state index < -0.39 is 0 Å². The molecule has 0 bridgehead atoms. The number of thioether (sulfide) groups is 1. The molecule has 2 heterocycles. The summed E-state index contributed by atoms with van der Waals surface area (Å²) >= 11 is 1.55. The Hall–Kier alpha value is -1.04. The van der Waals surface area contributed by atoms with Gasteiger partial charge in [-0.15, -0.1) is 10.2 Å². The fourth-order valence-corrected chi connectivity index (χ4v) is 1.57. The number of aromatic nitrogens is 3. The normalized spacial score (nSPS) is 15.9. The first-order valence-corrected chi connectivity index (χ1v) is 4.14. The smallest absolute Gasteiger partial charge is 0.212 e. The van der Waals surface area contributed by atoms with E-state index in [0.29, 0.717) is 11.6 Å². The molecule has 1 aliphatic rings. The molecule has 0 radical (unpaired) electrons. The Morgan fingerprint density at radius 3 is 3.18 bits per heavy atom. The lowest BCUT2D eigenvalue weighted by molar-refractivity contribution is 0.732. The van der Waals surface area contributed by atoms with Crippen LogP contribution in [0.15, 0.2) is 10.3 Å². The molecule has 0 aliphatic carbocycles. The van der Waals surface area contributed by atoms with Crippen molar-refractivity contribution < 1.29 is 0 Å². The predicted octanol–water partition coefficient (Wildman–Crippen LogP) is -0.187. The largest absolute Gasteiger partial charge is 0.385 e. The first-order chi connectivity index (χ1) is 5.27. The Morgan fingerprint density at radius 1 is 1.55 bits per heavy atom. The lowest BCUT2D eigenvalue weighted by Crippen LogP contribution is -2.20. The summed E-state index contributed by atoms with van der Waals surface area (Å²) in [6.45, 7) is 1.85. The van der Waals surface area contributed by atoms with E-state index in [0.717, 1.165) is 11.0 Å². The van der Waals surface area contributed by atoms with E-state index in [1.165, 1.54) is 0 Å². The highest BCUT2D eigenvalue weighted by Gasteiger charge is 2.13. The maximum atomic E-state index is 5.53. The summed E-state index contributed by atoms with van der Waals surface area (Å²) in [4.78, 5) is 0. The average molecular weight is 169 g/mol. The van der Waals surface area contributed by atoms with E-state index in [1.807, 2.05) is 6.92 Å². The number of aryl methyl sites for hydroxylation is 1. The van der Waals surface area contributed by atoms with Crippen LogP contribution in [0.4, 0.5) is 0 Å². The van der Waals surface area contributed by atoms with Crippen LogP contribution in [-0.4, -0.2) is 26.5 Å². The molecule has 1 aromatic rings.